The lowest BCUT2D eigenvalue weighted by Gasteiger charge is -2.17. The number of anilines is 2. The van der Waals surface area contributed by atoms with Crippen LogP contribution in [0.1, 0.15) is 11.1 Å². The first-order valence-electron chi connectivity index (χ1n) is 7.51. The maximum atomic E-state index is 12.2. The van der Waals surface area contributed by atoms with Crippen LogP contribution in [0.3, 0.4) is 0 Å². The van der Waals surface area contributed by atoms with Crippen molar-refractivity contribution in [2.45, 2.75) is 20.4 Å². The van der Waals surface area contributed by atoms with Gasteiger partial charge in [0.15, 0.2) is 11.2 Å². The Kier molecular flexibility index (Phi) is 2.75. The van der Waals surface area contributed by atoms with E-state index in [2.05, 4.69) is 46.9 Å². The summed E-state index contributed by atoms with van der Waals surface area (Å²) in [6.45, 7) is 5.57. The Hall–Kier alpha value is -2.83. The fraction of sp³-hybridized carbons (Fsp3) is 0.312. The van der Waals surface area contributed by atoms with Gasteiger partial charge < -0.3 is 9.47 Å². The van der Waals surface area contributed by atoms with Crippen LogP contribution in [-0.2, 0) is 13.6 Å². The molecule has 0 radical (unpaired) electrons. The molecule has 0 unspecified atom stereocenters. The summed E-state index contributed by atoms with van der Waals surface area (Å²) in [5, 5.41) is 0. The lowest BCUT2D eigenvalue weighted by molar-refractivity contribution is 0.797. The molecule has 0 fully saturated rings. The van der Waals surface area contributed by atoms with E-state index < -0.39 is 5.69 Å². The van der Waals surface area contributed by atoms with Crippen LogP contribution in [0, 0.1) is 13.8 Å². The van der Waals surface area contributed by atoms with Crippen LogP contribution in [-0.4, -0.2) is 25.6 Å². The number of hydrogen-bond acceptors (Lipinski definition) is 4. The SMILES string of the molecule is Cc1ccc(N2CCn3c2nc2c3c(=O)[nH]c(=O)n2C)cc1C. The van der Waals surface area contributed by atoms with Gasteiger partial charge in [-0.3, -0.25) is 14.3 Å². The van der Waals surface area contributed by atoms with Gasteiger partial charge in [0.05, 0.1) is 0 Å². The Balaban J connectivity index is 1.95. The Morgan fingerprint density at radius 2 is 1.91 bits per heavy atom. The van der Waals surface area contributed by atoms with Crippen LogP contribution in [0.25, 0.3) is 11.2 Å². The molecule has 7 heteroatoms. The lowest BCUT2D eigenvalue weighted by Crippen LogP contribution is -2.29. The van der Waals surface area contributed by atoms with Crippen molar-refractivity contribution in [1.82, 2.24) is 19.1 Å². The number of aryl methyl sites for hydroxylation is 3. The average molecular weight is 311 g/mol. The molecule has 1 aliphatic heterocycles. The zero-order chi connectivity index (χ0) is 16.3. The van der Waals surface area contributed by atoms with Crippen molar-refractivity contribution in [3.8, 4) is 0 Å². The van der Waals surface area contributed by atoms with Crippen LogP contribution in [0.15, 0.2) is 27.8 Å². The Labute approximate surface area is 131 Å². The Morgan fingerprint density at radius 1 is 1.13 bits per heavy atom. The summed E-state index contributed by atoms with van der Waals surface area (Å²) in [6, 6.07) is 6.26. The van der Waals surface area contributed by atoms with Gasteiger partial charge in [-0.05, 0) is 37.1 Å². The minimum Gasteiger partial charge on any atom is -0.310 e. The first-order valence-corrected chi connectivity index (χ1v) is 7.51. The van der Waals surface area contributed by atoms with Crippen molar-refractivity contribution in [2.75, 3.05) is 11.4 Å². The summed E-state index contributed by atoms with van der Waals surface area (Å²) in [7, 11) is 1.61. The number of rotatable bonds is 1. The Bertz CT molecular complexity index is 1060. The van der Waals surface area contributed by atoms with E-state index >= 15 is 0 Å². The quantitative estimate of drug-likeness (QED) is 0.732. The highest BCUT2D eigenvalue weighted by Gasteiger charge is 2.27. The van der Waals surface area contributed by atoms with Gasteiger partial charge in [0.2, 0.25) is 5.95 Å². The number of hydrogen-bond donors (Lipinski definition) is 1. The van der Waals surface area contributed by atoms with Crippen molar-refractivity contribution in [3.63, 3.8) is 0 Å². The average Bonchev–Trinajstić information content (AvgIpc) is 3.06. The molecule has 1 aromatic carbocycles. The van der Waals surface area contributed by atoms with E-state index in [-0.39, 0.29) is 5.56 Å². The van der Waals surface area contributed by atoms with Gasteiger partial charge in [0.1, 0.15) is 0 Å². The highest BCUT2D eigenvalue weighted by molar-refractivity contribution is 5.77. The van der Waals surface area contributed by atoms with E-state index in [0.29, 0.717) is 23.7 Å². The molecule has 23 heavy (non-hydrogen) atoms. The summed E-state index contributed by atoms with van der Waals surface area (Å²) in [6.07, 6.45) is 0. The minimum atomic E-state index is -0.447. The third kappa shape index (κ3) is 1.86. The summed E-state index contributed by atoms with van der Waals surface area (Å²) in [4.78, 5) is 32.9. The predicted octanol–water partition coefficient (Wildman–Crippen LogP) is 1.19. The number of imidazole rings is 1. The zero-order valence-corrected chi connectivity index (χ0v) is 13.3. The van der Waals surface area contributed by atoms with Crippen molar-refractivity contribution >= 4 is 22.8 Å². The van der Waals surface area contributed by atoms with Crippen molar-refractivity contribution in [1.29, 1.82) is 0 Å². The molecule has 0 saturated carbocycles. The number of benzene rings is 1. The van der Waals surface area contributed by atoms with Gasteiger partial charge >= 0.3 is 5.69 Å². The Morgan fingerprint density at radius 3 is 2.65 bits per heavy atom. The molecule has 0 amide bonds. The molecule has 0 saturated heterocycles. The topological polar surface area (TPSA) is 75.9 Å². The van der Waals surface area contributed by atoms with Gasteiger partial charge in [-0.15, -0.1) is 0 Å². The number of nitrogens with one attached hydrogen (secondary N) is 1. The molecule has 3 aromatic rings. The smallest absolute Gasteiger partial charge is 0.310 e. The third-order valence-corrected chi connectivity index (χ3v) is 4.58. The molecular formula is C16H17N5O2. The number of aromatic nitrogens is 4. The van der Waals surface area contributed by atoms with Crippen LogP contribution >= 0.6 is 0 Å². The summed E-state index contributed by atoms with van der Waals surface area (Å²) < 4.78 is 3.25. The standard InChI is InChI=1S/C16H17N5O2/c1-9-4-5-11(8-10(9)2)20-6-7-21-12-13(17-15(20)21)19(3)16(23)18-14(12)22/h4-5,8H,6-7H2,1-3H3,(H,18,22,23). The summed E-state index contributed by atoms with van der Waals surface area (Å²) in [5.41, 5.74) is 3.53. The number of fused-ring (bicyclic) bond motifs is 3. The van der Waals surface area contributed by atoms with E-state index in [1.54, 1.807) is 7.05 Å². The van der Waals surface area contributed by atoms with Crippen molar-refractivity contribution in [3.05, 3.63) is 50.2 Å². The molecule has 4 rings (SSSR count). The number of aromatic amines is 1. The molecule has 0 spiro atoms. The van der Waals surface area contributed by atoms with E-state index in [4.69, 9.17) is 0 Å². The highest BCUT2D eigenvalue weighted by Crippen LogP contribution is 2.32. The molecular weight excluding hydrogens is 294 g/mol. The van der Waals surface area contributed by atoms with Crippen molar-refractivity contribution < 1.29 is 0 Å². The van der Waals surface area contributed by atoms with Gasteiger partial charge in [-0.1, -0.05) is 6.07 Å². The molecule has 7 nitrogen and oxygen atoms in total. The molecule has 0 bridgehead atoms. The molecule has 0 atom stereocenters. The molecule has 1 N–H and O–H groups in total. The third-order valence-electron chi connectivity index (χ3n) is 4.58. The zero-order valence-electron chi connectivity index (χ0n) is 13.3. The second-order valence-corrected chi connectivity index (χ2v) is 5.97. The largest absolute Gasteiger partial charge is 0.329 e. The molecule has 2 aromatic heterocycles. The van der Waals surface area contributed by atoms with Crippen LogP contribution in [0.4, 0.5) is 11.6 Å². The van der Waals surface area contributed by atoms with Crippen LogP contribution < -0.4 is 16.1 Å². The molecule has 3 heterocycles. The van der Waals surface area contributed by atoms with Crippen LogP contribution in [0.2, 0.25) is 0 Å². The monoisotopic (exact) mass is 311 g/mol. The van der Waals surface area contributed by atoms with E-state index in [0.717, 1.165) is 12.2 Å². The predicted molar refractivity (Wildman–Crippen MR) is 88.5 cm³/mol. The summed E-state index contributed by atoms with van der Waals surface area (Å²) in [5.74, 6) is 0.704. The maximum Gasteiger partial charge on any atom is 0.329 e. The second-order valence-electron chi connectivity index (χ2n) is 5.97. The molecule has 0 aliphatic carbocycles. The van der Waals surface area contributed by atoms with Gasteiger partial charge in [-0.2, -0.15) is 4.98 Å². The van der Waals surface area contributed by atoms with E-state index in [9.17, 15) is 9.59 Å². The normalized spacial score (nSPS) is 13.8. The van der Waals surface area contributed by atoms with E-state index in [1.165, 1.54) is 15.7 Å². The fourth-order valence-electron chi connectivity index (χ4n) is 3.08. The van der Waals surface area contributed by atoms with Gasteiger partial charge in [0, 0.05) is 25.8 Å². The fourth-order valence-corrected chi connectivity index (χ4v) is 3.08. The first kappa shape index (κ1) is 13.8. The van der Waals surface area contributed by atoms with Crippen molar-refractivity contribution in [2.24, 2.45) is 7.05 Å². The summed E-state index contributed by atoms with van der Waals surface area (Å²) >= 11 is 0. The number of nitrogens with zero attached hydrogens (tertiary/aromatic N) is 4. The first-order chi connectivity index (χ1) is 11.0. The number of H-pyrrole nitrogens is 1. The van der Waals surface area contributed by atoms with Gasteiger partial charge in [-0.25, -0.2) is 4.79 Å². The highest BCUT2D eigenvalue weighted by atomic mass is 16.2. The van der Waals surface area contributed by atoms with Gasteiger partial charge in [0.25, 0.3) is 5.56 Å². The van der Waals surface area contributed by atoms with Crippen LogP contribution in [0.5, 0.6) is 0 Å². The second kappa shape index (κ2) is 4.58. The minimum absolute atomic E-state index is 0.385. The maximum absolute atomic E-state index is 12.2. The molecule has 118 valence electrons. The lowest BCUT2D eigenvalue weighted by atomic mass is 10.1. The van der Waals surface area contributed by atoms with E-state index in [1.807, 2.05) is 4.57 Å². The molecule has 1 aliphatic rings.